The molecule has 0 aliphatic rings. The van der Waals surface area contributed by atoms with Crippen LogP contribution in [-0.2, 0) is 16.0 Å². The molecule has 0 saturated carbocycles. The highest BCUT2D eigenvalue weighted by molar-refractivity contribution is 9.10. The first kappa shape index (κ1) is 13.4. The summed E-state index contributed by atoms with van der Waals surface area (Å²) in [6, 6.07) is 8.02. The molecule has 0 saturated heterocycles. The zero-order valence-corrected chi connectivity index (χ0v) is 11.3. The quantitative estimate of drug-likeness (QED) is 0.615. The Kier molecular flexibility index (Phi) is 5.66. The van der Waals surface area contributed by atoms with Crippen LogP contribution in [0.2, 0.25) is 0 Å². The van der Waals surface area contributed by atoms with E-state index in [4.69, 9.17) is 9.47 Å². The van der Waals surface area contributed by atoms with Gasteiger partial charge < -0.3 is 9.47 Å². The second kappa shape index (κ2) is 6.78. The van der Waals surface area contributed by atoms with Crippen molar-refractivity contribution in [3.63, 3.8) is 0 Å². The smallest absolute Gasteiger partial charge is 0.195 e. The summed E-state index contributed by atoms with van der Waals surface area (Å²) in [7, 11) is 3.21. The molecular formula is C12H16BrNO2. The van der Waals surface area contributed by atoms with Crippen molar-refractivity contribution in [2.75, 3.05) is 14.2 Å². The largest absolute Gasteiger partial charge is 0.351 e. The number of rotatable bonds is 5. The third-order valence-electron chi connectivity index (χ3n) is 2.23. The van der Waals surface area contributed by atoms with E-state index in [9.17, 15) is 0 Å². The minimum atomic E-state index is -0.359. The van der Waals surface area contributed by atoms with Crippen molar-refractivity contribution < 1.29 is 9.47 Å². The molecule has 0 aliphatic carbocycles. The van der Waals surface area contributed by atoms with Crippen molar-refractivity contribution in [3.05, 3.63) is 34.3 Å². The third kappa shape index (κ3) is 3.70. The van der Waals surface area contributed by atoms with Gasteiger partial charge in [0.25, 0.3) is 0 Å². The first-order valence-corrected chi connectivity index (χ1v) is 5.78. The Hall–Kier alpha value is -0.710. The van der Waals surface area contributed by atoms with Crippen LogP contribution < -0.4 is 0 Å². The SMILES string of the molecule is COC(OC)C(C)=NCc1ccccc1Br. The Balaban J connectivity index is 2.69. The molecule has 16 heavy (non-hydrogen) atoms. The lowest BCUT2D eigenvalue weighted by molar-refractivity contribution is -0.0524. The first-order chi connectivity index (χ1) is 7.69. The van der Waals surface area contributed by atoms with Gasteiger partial charge in [0.05, 0.1) is 12.3 Å². The molecule has 1 aromatic carbocycles. The molecule has 0 unspecified atom stereocenters. The van der Waals surface area contributed by atoms with Crippen molar-refractivity contribution in [2.45, 2.75) is 19.8 Å². The summed E-state index contributed by atoms with van der Waals surface area (Å²) in [5.41, 5.74) is 1.98. The Morgan fingerprint density at radius 2 is 1.94 bits per heavy atom. The molecule has 88 valence electrons. The van der Waals surface area contributed by atoms with E-state index in [-0.39, 0.29) is 6.29 Å². The maximum absolute atomic E-state index is 5.12. The van der Waals surface area contributed by atoms with Gasteiger partial charge in [0, 0.05) is 18.7 Å². The Morgan fingerprint density at radius 3 is 2.50 bits per heavy atom. The molecule has 0 radical (unpaired) electrons. The van der Waals surface area contributed by atoms with Crippen LogP contribution in [0.5, 0.6) is 0 Å². The number of halogens is 1. The van der Waals surface area contributed by atoms with E-state index in [1.807, 2.05) is 31.2 Å². The number of methoxy groups -OCH3 is 2. The molecule has 0 N–H and O–H groups in total. The molecule has 0 bridgehead atoms. The number of hydrogen-bond donors (Lipinski definition) is 0. The van der Waals surface area contributed by atoms with Crippen molar-refractivity contribution >= 4 is 21.6 Å². The summed E-state index contributed by atoms with van der Waals surface area (Å²) >= 11 is 3.49. The van der Waals surface area contributed by atoms with Crippen molar-refractivity contribution in [2.24, 2.45) is 4.99 Å². The summed E-state index contributed by atoms with van der Waals surface area (Å²) in [5.74, 6) is 0. The second-order valence-corrected chi connectivity index (χ2v) is 4.21. The number of benzene rings is 1. The molecule has 0 fully saturated rings. The average Bonchev–Trinajstić information content (AvgIpc) is 2.29. The van der Waals surface area contributed by atoms with E-state index in [1.165, 1.54) is 0 Å². The van der Waals surface area contributed by atoms with E-state index in [1.54, 1.807) is 14.2 Å². The normalized spacial score (nSPS) is 12.2. The van der Waals surface area contributed by atoms with Crippen LogP contribution in [0.25, 0.3) is 0 Å². The molecule has 0 spiro atoms. The van der Waals surface area contributed by atoms with Gasteiger partial charge in [-0.3, -0.25) is 4.99 Å². The molecule has 1 aromatic rings. The lowest BCUT2D eigenvalue weighted by atomic mass is 10.2. The van der Waals surface area contributed by atoms with Gasteiger partial charge >= 0.3 is 0 Å². The predicted molar refractivity (Wildman–Crippen MR) is 68.8 cm³/mol. The zero-order chi connectivity index (χ0) is 12.0. The summed E-state index contributed by atoms with van der Waals surface area (Å²) in [5, 5.41) is 0. The van der Waals surface area contributed by atoms with E-state index in [0.29, 0.717) is 6.54 Å². The maximum atomic E-state index is 5.12. The van der Waals surface area contributed by atoms with E-state index in [2.05, 4.69) is 20.9 Å². The van der Waals surface area contributed by atoms with Crippen LogP contribution in [0.3, 0.4) is 0 Å². The highest BCUT2D eigenvalue weighted by Crippen LogP contribution is 2.16. The van der Waals surface area contributed by atoms with Gasteiger partial charge in [-0.05, 0) is 18.6 Å². The van der Waals surface area contributed by atoms with E-state index < -0.39 is 0 Å². The highest BCUT2D eigenvalue weighted by Gasteiger charge is 2.08. The fourth-order valence-corrected chi connectivity index (χ4v) is 1.76. The number of hydrogen-bond acceptors (Lipinski definition) is 3. The second-order valence-electron chi connectivity index (χ2n) is 3.35. The minimum absolute atomic E-state index is 0.359. The molecular weight excluding hydrogens is 270 g/mol. The van der Waals surface area contributed by atoms with Crippen LogP contribution >= 0.6 is 15.9 Å². The first-order valence-electron chi connectivity index (χ1n) is 4.99. The fourth-order valence-electron chi connectivity index (χ4n) is 1.35. The Bertz CT molecular complexity index is 362. The van der Waals surface area contributed by atoms with Crippen molar-refractivity contribution in [1.82, 2.24) is 0 Å². The molecule has 0 aromatic heterocycles. The van der Waals surface area contributed by atoms with Gasteiger partial charge in [0.1, 0.15) is 0 Å². The zero-order valence-electron chi connectivity index (χ0n) is 9.74. The van der Waals surface area contributed by atoms with Gasteiger partial charge in [-0.15, -0.1) is 0 Å². The monoisotopic (exact) mass is 285 g/mol. The molecule has 1 rings (SSSR count). The van der Waals surface area contributed by atoms with E-state index >= 15 is 0 Å². The van der Waals surface area contributed by atoms with Crippen LogP contribution in [0.15, 0.2) is 33.7 Å². The maximum Gasteiger partial charge on any atom is 0.195 e. The van der Waals surface area contributed by atoms with Crippen molar-refractivity contribution in [1.29, 1.82) is 0 Å². The molecule has 3 nitrogen and oxygen atoms in total. The molecule has 0 amide bonds. The van der Waals surface area contributed by atoms with Gasteiger partial charge in [-0.2, -0.15) is 0 Å². The number of aliphatic imine (C=N–C) groups is 1. The van der Waals surface area contributed by atoms with Crippen LogP contribution in [0.4, 0.5) is 0 Å². The molecule has 4 heteroatoms. The number of nitrogens with zero attached hydrogens (tertiary/aromatic N) is 1. The fraction of sp³-hybridized carbons (Fsp3) is 0.417. The Labute approximate surface area is 105 Å². The standard InChI is InChI=1S/C12H16BrNO2/c1-9(12(15-2)16-3)14-8-10-6-4-5-7-11(10)13/h4-7,12H,8H2,1-3H3. The molecule has 0 aliphatic heterocycles. The summed E-state index contributed by atoms with van der Waals surface area (Å²) in [4.78, 5) is 4.43. The summed E-state index contributed by atoms with van der Waals surface area (Å²) < 4.78 is 11.3. The lowest BCUT2D eigenvalue weighted by Crippen LogP contribution is -2.22. The summed E-state index contributed by atoms with van der Waals surface area (Å²) in [6.07, 6.45) is -0.359. The molecule has 0 heterocycles. The molecule has 0 atom stereocenters. The van der Waals surface area contributed by atoms with Gasteiger partial charge in [0.15, 0.2) is 6.29 Å². The van der Waals surface area contributed by atoms with Gasteiger partial charge in [0.2, 0.25) is 0 Å². The summed E-state index contributed by atoms with van der Waals surface area (Å²) in [6.45, 7) is 2.52. The highest BCUT2D eigenvalue weighted by atomic mass is 79.9. The van der Waals surface area contributed by atoms with Crippen LogP contribution in [-0.4, -0.2) is 26.2 Å². The van der Waals surface area contributed by atoms with Crippen LogP contribution in [0.1, 0.15) is 12.5 Å². The predicted octanol–water partition coefficient (Wildman–Crippen LogP) is 3.03. The number of ether oxygens (including phenoxy) is 2. The van der Waals surface area contributed by atoms with Crippen molar-refractivity contribution in [3.8, 4) is 0 Å². The topological polar surface area (TPSA) is 30.8 Å². The van der Waals surface area contributed by atoms with Gasteiger partial charge in [-0.1, -0.05) is 34.1 Å². The van der Waals surface area contributed by atoms with E-state index in [0.717, 1.165) is 15.7 Å². The minimum Gasteiger partial charge on any atom is -0.351 e. The van der Waals surface area contributed by atoms with Gasteiger partial charge in [-0.25, -0.2) is 0 Å². The Morgan fingerprint density at radius 1 is 1.31 bits per heavy atom. The average molecular weight is 286 g/mol. The third-order valence-corrected chi connectivity index (χ3v) is 3.00. The lowest BCUT2D eigenvalue weighted by Gasteiger charge is -2.12. The van der Waals surface area contributed by atoms with Crippen LogP contribution in [0, 0.1) is 0 Å².